The van der Waals surface area contributed by atoms with Gasteiger partial charge in [-0.25, -0.2) is 17.9 Å². The first-order valence-corrected chi connectivity index (χ1v) is 7.91. The molecule has 0 unspecified atom stereocenters. The molecule has 0 fully saturated rings. The molecule has 1 N–H and O–H groups in total. The fourth-order valence-corrected chi connectivity index (χ4v) is 2.66. The Morgan fingerprint density at radius 1 is 1.14 bits per heavy atom. The number of nitrogens with one attached hydrogen (secondary N) is 1. The van der Waals surface area contributed by atoms with Crippen molar-refractivity contribution in [3.63, 3.8) is 0 Å². The van der Waals surface area contributed by atoms with Crippen LogP contribution in [-0.2, 0) is 11.3 Å². The number of fused-ring (bicyclic) bond motifs is 1. The molecule has 0 bridgehead atoms. The lowest BCUT2D eigenvalue weighted by Crippen LogP contribution is -2.29. The molecule has 1 amide bonds. The highest BCUT2D eigenvalue weighted by Crippen LogP contribution is 2.32. The van der Waals surface area contributed by atoms with Gasteiger partial charge in [-0.1, -0.05) is 0 Å². The number of methoxy groups -OCH3 is 2. The minimum atomic E-state index is -1.65. The second kappa shape index (κ2) is 7.59. The van der Waals surface area contributed by atoms with Crippen LogP contribution in [0.25, 0.3) is 10.8 Å². The molecule has 0 aliphatic heterocycles. The van der Waals surface area contributed by atoms with Crippen molar-refractivity contribution in [1.82, 2.24) is 9.78 Å². The van der Waals surface area contributed by atoms with Crippen molar-refractivity contribution in [2.24, 2.45) is 0 Å². The first-order chi connectivity index (χ1) is 13.3. The zero-order valence-corrected chi connectivity index (χ0v) is 14.8. The normalized spacial score (nSPS) is 10.8. The van der Waals surface area contributed by atoms with Crippen LogP contribution in [0.3, 0.4) is 0 Å². The molecule has 0 radical (unpaired) electrons. The molecule has 0 aliphatic carbocycles. The fraction of sp³-hybridized carbons (Fsp3) is 0.167. The van der Waals surface area contributed by atoms with Crippen molar-refractivity contribution >= 4 is 22.4 Å². The minimum Gasteiger partial charge on any atom is -0.493 e. The number of amides is 1. The maximum absolute atomic E-state index is 13.3. The topological polar surface area (TPSA) is 82.5 Å². The van der Waals surface area contributed by atoms with Crippen LogP contribution in [0, 0.1) is 17.5 Å². The quantitative estimate of drug-likeness (QED) is 0.674. The Bertz CT molecular complexity index is 1110. The van der Waals surface area contributed by atoms with Gasteiger partial charge in [0.2, 0.25) is 5.91 Å². The summed E-state index contributed by atoms with van der Waals surface area (Å²) in [5.41, 5.74) is -0.922. The molecule has 7 nitrogen and oxygen atoms in total. The van der Waals surface area contributed by atoms with E-state index in [4.69, 9.17) is 9.47 Å². The second-order valence-corrected chi connectivity index (χ2v) is 5.67. The summed E-state index contributed by atoms with van der Waals surface area (Å²) in [4.78, 5) is 24.9. The van der Waals surface area contributed by atoms with Crippen molar-refractivity contribution in [3.05, 3.63) is 58.3 Å². The van der Waals surface area contributed by atoms with E-state index in [-0.39, 0.29) is 16.8 Å². The molecule has 0 saturated heterocycles. The molecule has 0 saturated carbocycles. The molecular weight excluding hydrogens is 379 g/mol. The number of carbonyl (C=O) groups excluding carboxylic acids is 1. The van der Waals surface area contributed by atoms with Gasteiger partial charge in [-0.3, -0.25) is 9.59 Å². The Labute approximate surface area is 156 Å². The number of ether oxygens (including phenoxy) is 2. The number of carbonyl (C=O) groups is 1. The number of halogens is 3. The highest BCUT2D eigenvalue weighted by Gasteiger charge is 2.17. The molecular formula is C18H14F3N3O4. The SMILES string of the molecule is COc1ccc2cnn(CC(=O)Nc3cc(F)c(F)c(F)c3)c(=O)c2c1OC. The molecule has 3 aromatic rings. The molecule has 1 aromatic heterocycles. The molecule has 0 spiro atoms. The van der Waals surface area contributed by atoms with Crippen molar-refractivity contribution in [3.8, 4) is 11.5 Å². The van der Waals surface area contributed by atoms with Gasteiger partial charge >= 0.3 is 0 Å². The van der Waals surface area contributed by atoms with Crippen LogP contribution >= 0.6 is 0 Å². The van der Waals surface area contributed by atoms with Crippen LogP contribution < -0.4 is 20.3 Å². The van der Waals surface area contributed by atoms with Crippen LogP contribution in [-0.4, -0.2) is 29.9 Å². The van der Waals surface area contributed by atoms with E-state index in [2.05, 4.69) is 10.4 Å². The summed E-state index contributed by atoms with van der Waals surface area (Å²) in [5, 5.41) is 6.72. The second-order valence-electron chi connectivity index (χ2n) is 5.67. The van der Waals surface area contributed by atoms with Gasteiger partial charge in [0.15, 0.2) is 29.0 Å². The maximum Gasteiger partial charge on any atom is 0.279 e. The summed E-state index contributed by atoms with van der Waals surface area (Å²) in [6.07, 6.45) is 1.36. The summed E-state index contributed by atoms with van der Waals surface area (Å²) in [6, 6.07) is 4.47. The zero-order chi connectivity index (χ0) is 20.4. The number of benzene rings is 2. The molecule has 0 atom stereocenters. The van der Waals surface area contributed by atoms with Crippen LogP contribution in [0.15, 0.2) is 35.3 Å². The smallest absolute Gasteiger partial charge is 0.279 e. The molecule has 28 heavy (non-hydrogen) atoms. The molecule has 0 aliphatic rings. The fourth-order valence-electron chi connectivity index (χ4n) is 2.66. The van der Waals surface area contributed by atoms with Crippen molar-refractivity contribution in [1.29, 1.82) is 0 Å². The third-order valence-electron chi connectivity index (χ3n) is 3.92. The van der Waals surface area contributed by atoms with Crippen LogP contribution in [0.4, 0.5) is 18.9 Å². The maximum atomic E-state index is 13.3. The highest BCUT2D eigenvalue weighted by atomic mass is 19.2. The van der Waals surface area contributed by atoms with Gasteiger partial charge in [-0.15, -0.1) is 0 Å². The minimum absolute atomic E-state index is 0.156. The summed E-state index contributed by atoms with van der Waals surface area (Å²) in [5.74, 6) is -4.83. The summed E-state index contributed by atoms with van der Waals surface area (Å²) < 4.78 is 50.7. The Balaban J connectivity index is 1.93. The number of nitrogens with zero attached hydrogens (tertiary/aromatic N) is 2. The summed E-state index contributed by atoms with van der Waals surface area (Å²) >= 11 is 0. The van der Waals surface area contributed by atoms with Gasteiger partial charge in [0.25, 0.3) is 5.56 Å². The van der Waals surface area contributed by atoms with Gasteiger partial charge in [-0.2, -0.15) is 5.10 Å². The van der Waals surface area contributed by atoms with Crippen molar-refractivity contribution in [2.75, 3.05) is 19.5 Å². The third-order valence-corrected chi connectivity index (χ3v) is 3.92. The number of rotatable bonds is 5. The van der Waals surface area contributed by atoms with E-state index in [0.717, 1.165) is 4.68 Å². The first kappa shape index (κ1) is 19.2. The lowest BCUT2D eigenvalue weighted by Gasteiger charge is -2.12. The number of hydrogen-bond donors (Lipinski definition) is 1. The zero-order valence-electron chi connectivity index (χ0n) is 14.8. The standard InChI is InChI=1S/C18H14F3N3O4/c1-27-13-4-3-9-7-22-24(18(26)15(9)17(13)28-2)8-14(25)23-10-5-11(19)16(21)12(20)6-10/h3-7H,8H2,1-2H3,(H,23,25). The molecule has 146 valence electrons. The summed E-state index contributed by atoms with van der Waals surface area (Å²) in [6.45, 7) is -0.546. The summed E-state index contributed by atoms with van der Waals surface area (Å²) in [7, 11) is 2.78. The van der Waals surface area contributed by atoms with Gasteiger partial charge in [-0.05, 0) is 12.1 Å². The van der Waals surface area contributed by atoms with Crippen LogP contribution in [0.2, 0.25) is 0 Å². The van der Waals surface area contributed by atoms with Gasteiger partial charge in [0.05, 0.1) is 25.8 Å². The van der Waals surface area contributed by atoms with E-state index in [1.807, 2.05) is 0 Å². The monoisotopic (exact) mass is 393 g/mol. The number of hydrogen-bond acceptors (Lipinski definition) is 5. The van der Waals surface area contributed by atoms with E-state index < -0.39 is 35.5 Å². The van der Waals surface area contributed by atoms with E-state index >= 15 is 0 Å². The van der Waals surface area contributed by atoms with Gasteiger partial charge in [0.1, 0.15) is 6.54 Å². The number of anilines is 1. The Hall–Kier alpha value is -3.56. The van der Waals surface area contributed by atoms with Crippen molar-refractivity contribution in [2.45, 2.75) is 6.54 Å². The van der Waals surface area contributed by atoms with Crippen molar-refractivity contribution < 1.29 is 27.4 Å². The van der Waals surface area contributed by atoms with Crippen LogP contribution in [0.5, 0.6) is 11.5 Å². The highest BCUT2D eigenvalue weighted by molar-refractivity contribution is 5.92. The van der Waals surface area contributed by atoms with E-state index in [0.29, 0.717) is 23.3 Å². The van der Waals surface area contributed by atoms with E-state index in [1.54, 1.807) is 12.1 Å². The average Bonchev–Trinajstić information content (AvgIpc) is 2.67. The van der Waals surface area contributed by atoms with Crippen LogP contribution in [0.1, 0.15) is 0 Å². The Morgan fingerprint density at radius 3 is 2.43 bits per heavy atom. The van der Waals surface area contributed by atoms with Gasteiger partial charge < -0.3 is 14.8 Å². The Morgan fingerprint density at radius 2 is 1.82 bits per heavy atom. The van der Waals surface area contributed by atoms with E-state index in [1.165, 1.54) is 20.4 Å². The first-order valence-electron chi connectivity index (χ1n) is 7.91. The molecule has 2 aromatic carbocycles. The predicted octanol–water partition coefficient (Wildman–Crippen LogP) is 2.47. The largest absolute Gasteiger partial charge is 0.493 e. The number of aromatic nitrogens is 2. The van der Waals surface area contributed by atoms with E-state index in [9.17, 15) is 22.8 Å². The third kappa shape index (κ3) is 3.48. The lowest BCUT2D eigenvalue weighted by molar-refractivity contribution is -0.117. The Kier molecular flexibility index (Phi) is 5.21. The molecule has 10 heteroatoms. The van der Waals surface area contributed by atoms with Gasteiger partial charge in [0, 0.05) is 23.2 Å². The predicted molar refractivity (Wildman–Crippen MR) is 94.1 cm³/mol. The lowest BCUT2D eigenvalue weighted by atomic mass is 10.1. The average molecular weight is 393 g/mol. The molecule has 1 heterocycles. The molecule has 3 rings (SSSR count).